The van der Waals surface area contributed by atoms with E-state index in [9.17, 15) is 32.7 Å². The van der Waals surface area contributed by atoms with E-state index in [2.05, 4.69) is 35.9 Å². The van der Waals surface area contributed by atoms with Gasteiger partial charge in [-0.1, -0.05) is 45.0 Å². The van der Waals surface area contributed by atoms with Crippen LogP contribution in [0, 0.1) is 0 Å². The number of amides is 4. The molecule has 1 aliphatic rings. The van der Waals surface area contributed by atoms with Crippen molar-refractivity contribution < 1.29 is 46.9 Å². The zero-order chi connectivity index (χ0) is 50.0. The van der Waals surface area contributed by atoms with Crippen molar-refractivity contribution in [3.05, 3.63) is 96.2 Å². The molecule has 4 aromatic carbocycles. The molecule has 0 spiro atoms. The summed E-state index contributed by atoms with van der Waals surface area (Å²) in [6, 6.07) is 21.6. The number of methoxy groups -OCH3 is 2. The van der Waals surface area contributed by atoms with Crippen molar-refractivity contribution in [2.24, 2.45) is 0 Å². The molecule has 20 heteroatoms. The van der Waals surface area contributed by atoms with Gasteiger partial charge in [-0.3, -0.25) is 28.9 Å². The summed E-state index contributed by atoms with van der Waals surface area (Å²) in [5.41, 5.74) is 2.32. The quantitative estimate of drug-likeness (QED) is 0.0502. The minimum absolute atomic E-state index is 0.0554. The molecule has 4 amide bonds. The predicted molar refractivity (Wildman–Crippen MR) is 267 cm³/mol. The Kier molecular flexibility index (Phi) is 16.6. The molecule has 1 fully saturated rings. The zero-order valence-electron chi connectivity index (χ0n) is 40.1. The van der Waals surface area contributed by atoms with Crippen molar-refractivity contribution >= 4 is 73.2 Å². The number of hydrogen-bond acceptors (Lipinski definition) is 13. The number of likely N-dealkylation sites (N-methyl/N-ethyl adjacent to an activating group) is 1. The minimum Gasteiger partial charge on any atom is -0.496 e. The van der Waals surface area contributed by atoms with Crippen LogP contribution in [-0.4, -0.2) is 137 Å². The molecule has 19 nitrogen and oxygen atoms in total. The molecule has 0 radical (unpaired) electrons. The number of carbonyl (C=O) groups excluding carboxylic acids is 3. The van der Waals surface area contributed by atoms with Crippen LogP contribution >= 0.6 is 0 Å². The van der Waals surface area contributed by atoms with Crippen molar-refractivity contribution in [2.75, 3.05) is 94.5 Å². The highest BCUT2D eigenvalue weighted by molar-refractivity contribution is 7.92. The fraction of sp³-hybridized carbons (Fsp3) is 0.367. The van der Waals surface area contributed by atoms with Crippen LogP contribution in [-0.2, 0) is 25.0 Å². The van der Waals surface area contributed by atoms with E-state index in [0.717, 1.165) is 11.8 Å². The first-order valence-corrected chi connectivity index (χ1v) is 24.2. The van der Waals surface area contributed by atoms with Gasteiger partial charge in [0.2, 0.25) is 15.9 Å². The zero-order valence-corrected chi connectivity index (χ0v) is 41.0. The molecule has 1 aliphatic heterocycles. The normalized spacial score (nSPS) is 13.6. The number of hydrogen-bond donors (Lipinski definition) is 6. The van der Waals surface area contributed by atoms with Gasteiger partial charge < -0.3 is 45.5 Å². The number of pyridine rings is 1. The molecule has 0 bridgehead atoms. The lowest BCUT2D eigenvalue weighted by molar-refractivity contribution is -0.143. The molecule has 6 N–H and O–H groups in total. The van der Waals surface area contributed by atoms with Gasteiger partial charge in [-0.05, 0) is 74.0 Å². The fourth-order valence-electron chi connectivity index (χ4n) is 7.83. The number of nitrogens with zero attached hydrogens (tertiary/aromatic N) is 4. The first-order chi connectivity index (χ1) is 32.7. The number of ether oxygens (including phenoxy) is 3. The van der Waals surface area contributed by atoms with Crippen LogP contribution in [0.5, 0.6) is 23.0 Å². The first kappa shape index (κ1) is 51.2. The number of carbonyl (C=O) groups is 4. The summed E-state index contributed by atoms with van der Waals surface area (Å²) < 4.78 is 44.5. The fourth-order valence-corrected chi connectivity index (χ4v) is 8.39. The van der Waals surface area contributed by atoms with Gasteiger partial charge in [0.1, 0.15) is 29.1 Å². The van der Waals surface area contributed by atoms with Gasteiger partial charge in [-0.15, -0.1) is 0 Å². The summed E-state index contributed by atoms with van der Waals surface area (Å²) in [5.74, 6) is 0.673. The Morgan fingerprint density at radius 2 is 1.54 bits per heavy atom. The largest absolute Gasteiger partial charge is 0.496 e. The van der Waals surface area contributed by atoms with Gasteiger partial charge in [0, 0.05) is 80.5 Å². The second-order valence-electron chi connectivity index (χ2n) is 17.8. The number of aromatic nitrogens is 1. The number of anilines is 5. The van der Waals surface area contributed by atoms with Crippen LogP contribution in [0.3, 0.4) is 0 Å². The van der Waals surface area contributed by atoms with E-state index in [1.165, 1.54) is 14.2 Å². The van der Waals surface area contributed by atoms with Crippen LogP contribution < -0.4 is 40.2 Å². The number of carboxylic acid groups (broad SMARTS) is 1. The van der Waals surface area contributed by atoms with Crippen LogP contribution in [0.4, 0.5) is 33.4 Å². The van der Waals surface area contributed by atoms with Gasteiger partial charge in [0.15, 0.2) is 5.75 Å². The van der Waals surface area contributed by atoms with E-state index >= 15 is 0 Å². The Labute approximate surface area is 402 Å². The molecule has 1 aromatic heterocycles. The summed E-state index contributed by atoms with van der Waals surface area (Å²) in [6.07, 6.45) is 3.06. The lowest BCUT2D eigenvalue weighted by Gasteiger charge is -2.35. The SMILES string of the molecule is COc1cc(Nc2cc(Oc3ccc(NC(=O)Nc4cc(C(C)(C)C)cc(NS(C)(=O)=O)c4OC)c4ccccc34)ccn2)ccc1C(=O)NCCN1CCN(C(=O)CCC(C(=O)O)N(C)C)CC1. The Bertz CT molecular complexity index is 2790. The van der Waals surface area contributed by atoms with Gasteiger partial charge >= 0.3 is 12.0 Å². The number of urea groups is 1. The Hall–Kier alpha value is -7.16. The van der Waals surface area contributed by atoms with Crippen molar-refractivity contribution in [2.45, 2.75) is 45.1 Å². The highest BCUT2D eigenvalue weighted by Gasteiger charge is 2.26. The maximum Gasteiger partial charge on any atom is 0.323 e. The summed E-state index contributed by atoms with van der Waals surface area (Å²) >= 11 is 0. The number of benzene rings is 4. The molecule has 0 aliphatic carbocycles. The predicted octanol–water partition coefficient (Wildman–Crippen LogP) is 6.77. The molecular formula is C49H61N9O10S. The van der Waals surface area contributed by atoms with Crippen molar-refractivity contribution in [3.63, 3.8) is 0 Å². The molecule has 1 unspecified atom stereocenters. The average Bonchev–Trinajstić information content (AvgIpc) is 3.29. The van der Waals surface area contributed by atoms with E-state index in [-0.39, 0.29) is 47.2 Å². The molecule has 69 heavy (non-hydrogen) atoms. The Morgan fingerprint density at radius 1 is 0.841 bits per heavy atom. The molecule has 2 heterocycles. The summed E-state index contributed by atoms with van der Waals surface area (Å²) in [4.78, 5) is 61.1. The summed E-state index contributed by atoms with van der Waals surface area (Å²) in [5, 5.41) is 22.8. The molecule has 368 valence electrons. The second kappa shape index (κ2) is 22.3. The number of sulfonamides is 1. The summed E-state index contributed by atoms with van der Waals surface area (Å²) in [6.45, 7) is 9.26. The Balaban J connectivity index is 1.05. The number of piperazine rings is 1. The van der Waals surface area contributed by atoms with Crippen LogP contribution in [0.2, 0.25) is 0 Å². The Morgan fingerprint density at radius 3 is 2.19 bits per heavy atom. The first-order valence-electron chi connectivity index (χ1n) is 22.3. The molecule has 6 rings (SSSR count). The van der Waals surface area contributed by atoms with E-state index < -0.39 is 28.1 Å². The molecule has 1 atom stereocenters. The molecule has 0 saturated carbocycles. The highest BCUT2D eigenvalue weighted by atomic mass is 32.2. The van der Waals surface area contributed by atoms with Gasteiger partial charge in [-0.2, -0.15) is 0 Å². The van der Waals surface area contributed by atoms with E-state index in [1.54, 1.807) is 84.7 Å². The smallest absolute Gasteiger partial charge is 0.323 e. The van der Waals surface area contributed by atoms with Gasteiger partial charge in [-0.25, -0.2) is 18.2 Å². The third-order valence-corrected chi connectivity index (χ3v) is 12.1. The average molecular weight is 968 g/mol. The monoisotopic (exact) mass is 967 g/mol. The van der Waals surface area contributed by atoms with Crippen LogP contribution in [0.15, 0.2) is 85.1 Å². The number of aliphatic carboxylic acids is 1. The molecule has 1 saturated heterocycles. The number of fused-ring (bicyclic) bond motifs is 1. The molecule has 5 aromatic rings. The van der Waals surface area contributed by atoms with Crippen molar-refractivity contribution in [3.8, 4) is 23.0 Å². The van der Waals surface area contributed by atoms with Crippen LogP contribution in [0.25, 0.3) is 10.8 Å². The van der Waals surface area contributed by atoms with Gasteiger partial charge in [0.25, 0.3) is 5.91 Å². The topological polar surface area (TPSA) is 233 Å². The maximum absolute atomic E-state index is 13.6. The third kappa shape index (κ3) is 13.7. The maximum atomic E-state index is 13.6. The van der Waals surface area contributed by atoms with Crippen molar-refractivity contribution in [1.29, 1.82) is 0 Å². The highest BCUT2D eigenvalue weighted by Crippen LogP contribution is 2.40. The van der Waals surface area contributed by atoms with E-state index in [0.29, 0.717) is 90.0 Å². The number of carboxylic acids is 1. The minimum atomic E-state index is -3.66. The van der Waals surface area contributed by atoms with E-state index in [1.807, 2.05) is 45.0 Å². The summed E-state index contributed by atoms with van der Waals surface area (Å²) in [7, 11) is 2.60. The van der Waals surface area contributed by atoms with Gasteiger partial charge in [0.05, 0.1) is 43.1 Å². The van der Waals surface area contributed by atoms with E-state index in [4.69, 9.17) is 14.2 Å². The standard InChI is InChI=1S/C49H61N9O10S/c1-49(2,3)31-27-38(45(67-7)39(28-31)55-69(8,64)65)54-48(63)53-37-15-17-41(35-12-10-9-11-34(35)37)68-33-19-20-50-43(30-33)52-32-13-14-36(42(29-32)66-6)46(60)51-21-22-57-23-25-58(26-24-57)44(59)18-16-40(47(61)62)56(4)5/h9-15,17,19-20,27-30,40,55H,16,18,21-26H2,1-8H3,(H,50,52)(H,51,60)(H,61,62)(H2,53,54,63). The van der Waals surface area contributed by atoms with Crippen molar-refractivity contribution in [1.82, 2.24) is 25.0 Å². The second-order valence-corrected chi connectivity index (χ2v) is 19.6. The lowest BCUT2D eigenvalue weighted by atomic mass is 9.86. The third-order valence-electron chi connectivity index (χ3n) is 11.5. The number of rotatable bonds is 19. The number of nitrogens with one attached hydrogen (secondary N) is 5. The van der Waals surface area contributed by atoms with Crippen LogP contribution in [0.1, 0.15) is 49.5 Å². The lowest BCUT2D eigenvalue weighted by Crippen LogP contribution is -2.50. The molecular weight excluding hydrogens is 907 g/mol.